The fourth-order valence-electron chi connectivity index (χ4n) is 3.53. The molecule has 0 bridgehead atoms. The Bertz CT molecular complexity index is 1380. The molecule has 2 heterocycles. The molecule has 0 saturated heterocycles. The van der Waals surface area contributed by atoms with Crippen LogP contribution in [0.2, 0.25) is 5.02 Å². The molecule has 4 aromatic rings. The summed E-state index contributed by atoms with van der Waals surface area (Å²) in [5, 5.41) is 14.8. The normalized spacial score (nSPS) is 13.6. The third-order valence-corrected chi connectivity index (χ3v) is 7.11. The Morgan fingerprint density at radius 3 is 2.71 bits per heavy atom. The molecule has 1 N–H and O–H groups in total. The standard InChI is InChI=1S/C25H22ClFN4O2S/c1-25(2,3)34(32)31-21(13-22-20(27)11-9-16(14-28)29-22)17-6-4-5-7-18(17)24-19-10-8-15(26)12-23(19)33-30-24/h4-12,21,31H,13H2,1-3H3/t21?,34-/m0/s1. The van der Waals surface area contributed by atoms with Gasteiger partial charge in [0.2, 0.25) is 0 Å². The maximum atomic E-state index is 14.7. The first kappa shape index (κ1) is 24.2. The highest BCUT2D eigenvalue weighted by atomic mass is 35.5. The second-order valence-electron chi connectivity index (χ2n) is 8.75. The van der Waals surface area contributed by atoms with Crippen LogP contribution in [-0.4, -0.2) is 19.4 Å². The average Bonchev–Trinajstić information content (AvgIpc) is 3.22. The highest BCUT2D eigenvalue weighted by Gasteiger charge is 2.32. The van der Waals surface area contributed by atoms with Crippen molar-refractivity contribution < 1.29 is 13.5 Å². The number of aromatic nitrogens is 2. The Morgan fingerprint density at radius 2 is 1.97 bits per heavy atom. The summed E-state index contributed by atoms with van der Waals surface area (Å²) < 4.78 is 35.8. The molecule has 0 spiro atoms. The van der Waals surface area contributed by atoms with E-state index in [1.807, 2.05) is 57.2 Å². The van der Waals surface area contributed by atoms with Crippen LogP contribution in [0.25, 0.3) is 22.2 Å². The number of nitrogens with one attached hydrogen (secondary N) is 1. The molecular formula is C25H22ClFN4O2S. The monoisotopic (exact) mass is 496 g/mol. The Kier molecular flexibility index (Phi) is 6.91. The maximum Gasteiger partial charge on any atom is 0.169 e. The number of nitrogens with zero attached hydrogens (tertiary/aromatic N) is 3. The van der Waals surface area contributed by atoms with Crippen molar-refractivity contribution in [1.29, 1.82) is 5.26 Å². The number of halogens is 2. The van der Waals surface area contributed by atoms with Crippen LogP contribution in [0.1, 0.15) is 43.8 Å². The first-order valence-corrected chi connectivity index (χ1v) is 12.1. The Labute approximate surface area is 205 Å². The zero-order valence-corrected chi connectivity index (χ0v) is 20.4. The number of hydrogen-bond donors (Lipinski definition) is 1. The predicted octanol–water partition coefficient (Wildman–Crippen LogP) is 5.89. The largest absolute Gasteiger partial charge is 0.598 e. The number of pyridine rings is 1. The molecule has 0 amide bonds. The van der Waals surface area contributed by atoms with Crippen LogP contribution in [0.15, 0.2) is 59.1 Å². The van der Waals surface area contributed by atoms with Crippen molar-refractivity contribution in [3.05, 3.63) is 82.4 Å². The summed E-state index contributed by atoms with van der Waals surface area (Å²) in [6, 6.07) is 16.6. The van der Waals surface area contributed by atoms with E-state index < -0.39 is 28.0 Å². The molecule has 0 aliphatic rings. The van der Waals surface area contributed by atoms with Crippen molar-refractivity contribution in [3.8, 4) is 17.3 Å². The van der Waals surface area contributed by atoms with Gasteiger partial charge < -0.3 is 9.08 Å². The third kappa shape index (κ3) is 5.08. The molecule has 2 aromatic heterocycles. The molecule has 9 heteroatoms. The highest BCUT2D eigenvalue weighted by molar-refractivity contribution is 7.90. The fourth-order valence-corrected chi connectivity index (χ4v) is 4.51. The van der Waals surface area contributed by atoms with E-state index in [1.165, 1.54) is 12.1 Å². The van der Waals surface area contributed by atoms with Crippen molar-refractivity contribution in [3.63, 3.8) is 0 Å². The summed E-state index contributed by atoms with van der Waals surface area (Å²) in [6.07, 6.45) is 0.0712. The van der Waals surface area contributed by atoms with Crippen LogP contribution < -0.4 is 4.72 Å². The molecule has 0 saturated carbocycles. The topological polar surface area (TPSA) is 97.8 Å². The third-order valence-electron chi connectivity index (χ3n) is 5.26. The zero-order valence-electron chi connectivity index (χ0n) is 18.8. The van der Waals surface area contributed by atoms with Gasteiger partial charge in [0.15, 0.2) is 5.58 Å². The van der Waals surface area contributed by atoms with E-state index in [9.17, 15) is 14.2 Å². The van der Waals surface area contributed by atoms with Gasteiger partial charge in [0.1, 0.15) is 28.0 Å². The van der Waals surface area contributed by atoms with Gasteiger partial charge in [-0.05, 0) is 50.6 Å². The molecule has 2 atom stereocenters. The maximum absolute atomic E-state index is 14.7. The zero-order chi connectivity index (χ0) is 24.5. The molecule has 174 valence electrons. The van der Waals surface area contributed by atoms with Crippen molar-refractivity contribution in [2.24, 2.45) is 0 Å². The molecule has 0 aliphatic carbocycles. The van der Waals surface area contributed by atoms with Gasteiger partial charge in [-0.15, -0.1) is 4.72 Å². The second kappa shape index (κ2) is 9.72. The molecule has 6 nitrogen and oxygen atoms in total. The van der Waals surface area contributed by atoms with Gasteiger partial charge in [-0.1, -0.05) is 41.0 Å². The molecule has 2 aromatic carbocycles. The lowest BCUT2D eigenvalue weighted by Gasteiger charge is -2.29. The van der Waals surface area contributed by atoms with Crippen molar-refractivity contribution in [2.45, 2.75) is 38.0 Å². The van der Waals surface area contributed by atoms with Gasteiger partial charge in [-0.2, -0.15) is 5.26 Å². The van der Waals surface area contributed by atoms with E-state index in [2.05, 4.69) is 14.9 Å². The highest BCUT2D eigenvalue weighted by Crippen LogP contribution is 2.36. The average molecular weight is 497 g/mol. The SMILES string of the molecule is CC(C)(C)[S@+]([O-])NC(Cc1nc(C#N)ccc1F)c1ccccc1-c1noc2cc(Cl)ccc12. The minimum absolute atomic E-state index is 0.0712. The molecular weight excluding hydrogens is 475 g/mol. The van der Waals surface area contributed by atoms with Crippen LogP contribution in [0, 0.1) is 17.1 Å². The van der Waals surface area contributed by atoms with E-state index in [0.29, 0.717) is 16.3 Å². The molecule has 0 radical (unpaired) electrons. The first-order valence-electron chi connectivity index (χ1n) is 10.5. The van der Waals surface area contributed by atoms with Crippen molar-refractivity contribution in [2.75, 3.05) is 0 Å². The molecule has 1 unspecified atom stereocenters. The van der Waals surface area contributed by atoms with Gasteiger partial charge in [0.05, 0.1) is 11.7 Å². The summed E-state index contributed by atoms with van der Waals surface area (Å²) >= 11 is 4.62. The Morgan fingerprint density at radius 1 is 1.21 bits per heavy atom. The second-order valence-corrected chi connectivity index (χ2v) is 11.2. The summed E-state index contributed by atoms with van der Waals surface area (Å²) in [7, 11) is 0. The number of rotatable bonds is 6. The number of fused-ring (bicyclic) bond motifs is 1. The van der Waals surface area contributed by atoms with Gasteiger partial charge in [0, 0.05) is 39.8 Å². The van der Waals surface area contributed by atoms with Gasteiger partial charge >= 0.3 is 0 Å². The Balaban J connectivity index is 1.83. The molecule has 0 aliphatic heterocycles. The lowest BCUT2D eigenvalue weighted by atomic mass is 9.94. The summed E-state index contributed by atoms with van der Waals surface area (Å²) in [5.74, 6) is -0.536. The summed E-state index contributed by atoms with van der Waals surface area (Å²) in [5.41, 5.74) is 2.83. The minimum atomic E-state index is -1.47. The van der Waals surface area contributed by atoms with Crippen LogP contribution in [0.3, 0.4) is 0 Å². The van der Waals surface area contributed by atoms with E-state index >= 15 is 0 Å². The van der Waals surface area contributed by atoms with Gasteiger partial charge in [-0.25, -0.2) is 9.37 Å². The Hall–Kier alpha value is -2.96. The first-order chi connectivity index (χ1) is 16.2. The van der Waals surface area contributed by atoms with Crippen LogP contribution in [0.4, 0.5) is 4.39 Å². The lowest BCUT2D eigenvalue weighted by molar-refractivity contribution is 0.459. The number of benzene rings is 2. The molecule has 34 heavy (non-hydrogen) atoms. The lowest BCUT2D eigenvalue weighted by Crippen LogP contribution is -2.42. The van der Waals surface area contributed by atoms with E-state index in [-0.39, 0.29) is 17.8 Å². The van der Waals surface area contributed by atoms with Crippen molar-refractivity contribution >= 4 is 33.9 Å². The van der Waals surface area contributed by atoms with E-state index in [4.69, 9.17) is 16.1 Å². The van der Waals surface area contributed by atoms with Crippen LogP contribution in [-0.2, 0) is 17.8 Å². The van der Waals surface area contributed by atoms with E-state index in [1.54, 1.807) is 12.1 Å². The summed E-state index contributed by atoms with van der Waals surface area (Å²) in [6.45, 7) is 5.55. The number of hydrogen-bond acceptors (Lipinski definition) is 6. The van der Waals surface area contributed by atoms with Crippen LogP contribution in [0.5, 0.6) is 0 Å². The summed E-state index contributed by atoms with van der Waals surface area (Å²) in [4.78, 5) is 4.15. The fraction of sp³-hybridized carbons (Fsp3) is 0.240. The number of nitriles is 1. The predicted molar refractivity (Wildman–Crippen MR) is 131 cm³/mol. The minimum Gasteiger partial charge on any atom is -0.598 e. The smallest absolute Gasteiger partial charge is 0.169 e. The van der Waals surface area contributed by atoms with Crippen LogP contribution >= 0.6 is 11.6 Å². The van der Waals surface area contributed by atoms with Crippen molar-refractivity contribution in [1.82, 2.24) is 14.9 Å². The van der Waals surface area contributed by atoms with Gasteiger partial charge in [-0.3, -0.25) is 0 Å². The van der Waals surface area contributed by atoms with E-state index in [0.717, 1.165) is 16.5 Å². The van der Waals surface area contributed by atoms with Gasteiger partial charge in [0.25, 0.3) is 0 Å². The quantitative estimate of drug-likeness (QED) is 0.334. The molecule has 4 rings (SSSR count). The molecule has 0 fully saturated rings.